The highest BCUT2D eigenvalue weighted by molar-refractivity contribution is 6.00. The molecule has 0 radical (unpaired) electrons. The maximum absolute atomic E-state index is 12.0. The molecular formula is C18H18N8O. The van der Waals surface area contributed by atoms with E-state index in [9.17, 15) is 4.79 Å². The molecule has 0 fully saturated rings. The molecule has 3 aromatic rings. The molecule has 1 aliphatic rings. The van der Waals surface area contributed by atoms with Crippen molar-refractivity contribution in [3.8, 4) is 35.6 Å². The molecule has 2 N–H and O–H groups in total. The Bertz CT molecular complexity index is 980. The summed E-state index contributed by atoms with van der Waals surface area (Å²) in [6, 6.07) is 3.77. The average molecular weight is 362 g/mol. The number of rotatable bonds is 3. The van der Waals surface area contributed by atoms with E-state index in [-0.39, 0.29) is 12.5 Å². The number of fused-ring (bicyclic) bond motifs is 1. The van der Waals surface area contributed by atoms with Gasteiger partial charge in [-0.05, 0) is 26.0 Å². The van der Waals surface area contributed by atoms with E-state index in [1.54, 1.807) is 11.1 Å². The number of nitrogens with zero attached hydrogens (tertiary/aromatic N) is 6. The number of amides is 1. The van der Waals surface area contributed by atoms with Crippen LogP contribution in [0.3, 0.4) is 0 Å². The van der Waals surface area contributed by atoms with Gasteiger partial charge in [-0.2, -0.15) is 5.10 Å². The highest BCUT2D eigenvalue weighted by Gasteiger charge is 2.25. The number of pyridine rings is 1. The number of likely N-dealkylation sites (N-methyl/N-ethyl adjacent to an activating group) is 1. The Hall–Kier alpha value is -3.80. The van der Waals surface area contributed by atoms with E-state index in [1.165, 1.54) is 6.33 Å². The van der Waals surface area contributed by atoms with E-state index in [4.69, 9.17) is 0 Å². The molecule has 27 heavy (non-hydrogen) atoms. The number of carbonyl (C=O) groups is 1. The molecule has 3 aromatic heterocycles. The molecule has 0 saturated carbocycles. The van der Waals surface area contributed by atoms with Crippen molar-refractivity contribution in [2.45, 2.75) is 13.8 Å². The fourth-order valence-electron chi connectivity index (χ4n) is 2.81. The Morgan fingerprint density at radius 2 is 2.00 bits per heavy atom. The van der Waals surface area contributed by atoms with Crippen molar-refractivity contribution in [1.29, 1.82) is 0 Å². The number of aromatic nitrogens is 6. The van der Waals surface area contributed by atoms with E-state index in [1.807, 2.05) is 26.0 Å². The van der Waals surface area contributed by atoms with Gasteiger partial charge in [0.1, 0.15) is 12.0 Å². The summed E-state index contributed by atoms with van der Waals surface area (Å²) in [6.07, 6.45) is 11.1. The maximum atomic E-state index is 12.0. The minimum atomic E-state index is -0.0167. The third-order valence-electron chi connectivity index (χ3n) is 4.05. The van der Waals surface area contributed by atoms with Crippen molar-refractivity contribution in [3.63, 3.8) is 0 Å². The quantitative estimate of drug-likeness (QED) is 0.681. The minimum absolute atomic E-state index is 0.0167. The molecule has 4 heterocycles. The molecule has 0 unspecified atom stereocenters. The first-order valence-corrected chi connectivity index (χ1v) is 8.25. The summed E-state index contributed by atoms with van der Waals surface area (Å²) in [4.78, 5) is 31.4. The van der Waals surface area contributed by atoms with E-state index in [0.29, 0.717) is 35.4 Å². The summed E-state index contributed by atoms with van der Waals surface area (Å²) >= 11 is 0. The van der Waals surface area contributed by atoms with E-state index >= 15 is 0 Å². The predicted octanol–water partition coefficient (Wildman–Crippen LogP) is 1.66. The summed E-state index contributed by atoms with van der Waals surface area (Å²) in [5, 5.41) is 9.63. The van der Waals surface area contributed by atoms with Crippen LogP contribution >= 0.6 is 0 Å². The van der Waals surface area contributed by atoms with Gasteiger partial charge in [-0.15, -0.1) is 12.8 Å². The SMILES string of the molecule is C#C.CCN1C(=O)CNc2ncc(-c3ccc(-c4ncn[nH]4)nc3C)nc21. The molecule has 136 valence electrons. The number of hydrogen-bond donors (Lipinski definition) is 2. The first-order chi connectivity index (χ1) is 13.2. The number of terminal acetylenes is 1. The highest BCUT2D eigenvalue weighted by atomic mass is 16.2. The van der Waals surface area contributed by atoms with Crippen LogP contribution in [-0.4, -0.2) is 49.1 Å². The second-order valence-electron chi connectivity index (χ2n) is 5.58. The van der Waals surface area contributed by atoms with Gasteiger partial charge in [-0.1, -0.05) is 0 Å². The fraction of sp³-hybridized carbons (Fsp3) is 0.222. The third kappa shape index (κ3) is 3.32. The minimum Gasteiger partial charge on any atom is -0.358 e. The third-order valence-corrected chi connectivity index (χ3v) is 4.05. The number of nitrogens with one attached hydrogen (secondary N) is 2. The van der Waals surface area contributed by atoms with Crippen LogP contribution in [0.15, 0.2) is 24.7 Å². The Balaban J connectivity index is 0.00000102. The second-order valence-corrected chi connectivity index (χ2v) is 5.58. The van der Waals surface area contributed by atoms with Crippen LogP contribution in [0.2, 0.25) is 0 Å². The van der Waals surface area contributed by atoms with E-state index in [2.05, 4.69) is 48.3 Å². The van der Waals surface area contributed by atoms with E-state index < -0.39 is 0 Å². The van der Waals surface area contributed by atoms with Gasteiger partial charge < -0.3 is 5.32 Å². The normalized spacial score (nSPS) is 12.6. The smallest absolute Gasteiger partial charge is 0.247 e. The lowest BCUT2D eigenvalue weighted by Crippen LogP contribution is -2.40. The number of anilines is 2. The van der Waals surface area contributed by atoms with Crippen LogP contribution < -0.4 is 10.2 Å². The molecule has 0 atom stereocenters. The number of aromatic amines is 1. The highest BCUT2D eigenvalue weighted by Crippen LogP contribution is 2.29. The van der Waals surface area contributed by atoms with Crippen molar-refractivity contribution in [2.24, 2.45) is 0 Å². The van der Waals surface area contributed by atoms with Gasteiger partial charge in [-0.25, -0.2) is 19.9 Å². The van der Waals surface area contributed by atoms with Crippen molar-refractivity contribution in [2.75, 3.05) is 23.3 Å². The molecule has 0 spiro atoms. The molecule has 4 rings (SSSR count). The lowest BCUT2D eigenvalue weighted by molar-refractivity contribution is -0.117. The van der Waals surface area contributed by atoms with Gasteiger partial charge in [0.15, 0.2) is 17.5 Å². The Morgan fingerprint density at radius 1 is 1.19 bits per heavy atom. The van der Waals surface area contributed by atoms with Gasteiger partial charge in [0.25, 0.3) is 0 Å². The summed E-state index contributed by atoms with van der Waals surface area (Å²) < 4.78 is 0. The van der Waals surface area contributed by atoms with Crippen molar-refractivity contribution in [3.05, 3.63) is 30.4 Å². The number of H-pyrrole nitrogens is 1. The van der Waals surface area contributed by atoms with Crippen LogP contribution in [0, 0.1) is 19.8 Å². The van der Waals surface area contributed by atoms with Gasteiger partial charge in [0.2, 0.25) is 5.91 Å². The molecule has 0 saturated heterocycles. The van der Waals surface area contributed by atoms with Gasteiger partial charge in [-0.3, -0.25) is 14.8 Å². The molecule has 0 bridgehead atoms. The molecule has 0 aromatic carbocycles. The van der Waals surface area contributed by atoms with Gasteiger partial charge in [0, 0.05) is 17.8 Å². The Labute approximate surface area is 156 Å². The first-order valence-electron chi connectivity index (χ1n) is 8.25. The summed E-state index contributed by atoms with van der Waals surface area (Å²) in [5.41, 5.74) is 3.02. The zero-order valence-corrected chi connectivity index (χ0v) is 15.0. The zero-order valence-electron chi connectivity index (χ0n) is 15.0. The molecular weight excluding hydrogens is 344 g/mol. The molecule has 9 heteroatoms. The summed E-state index contributed by atoms with van der Waals surface area (Å²) in [5.74, 6) is 1.76. The van der Waals surface area contributed by atoms with Crippen molar-refractivity contribution >= 4 is 17.5 Å². The molecule has 1 amide bonds. The lowest BCUT2D eigenvalue weighted by Gasteiger charge is -2.27. The van der Waals surface area contributed by atoms with Crippen LogP contribution in [0.25, 0.3) is 22.8 Å². The standard InChI is InChI=1S/C16H16N8O.C2H2/c1-3-24-13(25)7-18-15-16(24)22-12(6-17-15)10-4-5-11(21-9(10)2)14-19-8-20-23-14;1-2/h4-6,8H,3,7H2,1-2H3,(H,17,18)(H,19,20,23);1-2H. The molecule has 9 nitrogen and oxygen atoms in total. The number of aryl methyl sites for hydroxylation is 1. The lowest BCUT2D eigenvalue weighted by atomic mass is 10.1. The van der Waals surface area contributed by atoms with Gasteiger partial charge >= 0.3 is 0 Å². The van der Waals surface area contributed by atoms with Crippen molar-refractivity contribution in [1.82, 2.24) is 30.1 Å². The van der Waals surface area contributed by atoms with Crippen LogP contribution in [0.1, 0.15) is 12.6 Å². The topological polar surface area (TPSA) is 113 Å². The molecule has 0 aliphatic carbocycles. The van der Waals surface area contributed by atoms with Crippen LogP contribution in [0.5, 0.6) is 0 Å². The predicted molar refractivity (Wildman–Crippen MR) is 102 cm³/mol. The number of carbonyl (C=O) groups excluding carboxylic acids is 1. The summed E-state index contributed by atoms with van der Waals surface area (Å²) in [7, 11) is 0. The van der Waals surface area contributed by atoms with Crippen LogP contribution in [-0.2, 0) is 4.79 Å². The van der Waals surface area contributed by atoms with E-state index in [0.717, 1.165) is 11.3 Å². The number of hydrogen-bond acceptors (Lipinski definition) is 7. The fourth-order valence-corrected chi connectivity index (χ4v) is 2.81. The average Bonchev–Trinajstić information content (AvgIpc) is 3.24. The van der Waals surface area contributed by atoms with Gasteiger partial charge in [0.05, 0.1) is 18.4 Å². The Morgan fingerprint density at radius 3 is 2.67 bits per heavy atom. The van der Waals surface area contributed by atoms with Crippen LogP contribution in [0.4, 0.5) is 11.6 Å². The maximum Gasteiger partial charge on any atom is 0.247 e. The van der Waals surface area contributed by atoms with Crippen molar-refractivity contribution < 1.29 is 4.79 Å². The first kappa shape index (κ1) is 18.0. The summed E-state index contributed by atoms with van der Waals surface area (Å²) in [6.45, 7) is 4.60. The molecule has 1 aliphatic heterocycles. The second kappa shape index (κ2) is 7.61. The monoisotopic (exact) mass is 362 g/mol. The largest absolute Gasteiger partial charge is 0.358 e. The zero-order chi connectivity index (χ0) is 19.4. The Kier molecular flexibility index (Phi) is 5.08.